The van der Waals surface area contributed by atoms with Gasteiger partial charge in [-0.25, -0.2) is 26.3 Å². The van der Waals surface area contributed by atoms with Crippen LogP contribution in [0.4, 0.5) is 0 Å². The van der Waals surface area contributed by atoms with Crippen molar-refractivity contribution in [2.24, 2.45) is 0 Å². The summed E-state index contributed by atoms with van der Waals surface area (Å²) in [6.45, 7) is 7.25. The molecule has 0 spiro atoms. The number of nitrogens with one attached hydrogen (secondary N) is 2. The van der Waals surface area contributed by atoms with Crippen molar-refractivity contribution in [3.8, 4) is 0 Å². The first-order chi connectivity index (χ1) is 26.5. The third kappa shape index (κ3) is 16.9. The molecule has 3 aromatic rings. The van der Waals surface area contributed by atoms with E-state index >= 15 is 0 Å². The van der Waals surface area contributed by atoms with Crippen molar-refractivity contribution in [3.05, 3.63) is 81.7 Å². The second-order valence-electron chi connectivity index (χ2n) is 13.8. The number of halogens is 2. The number of hydrogen-bond donors (Lipinski definition) is 5. The van der Waals surface area contributed by atoms with Gasteiger partial charge < -0.3 is 10.2 Å². The molecule has 0 aliphatic carbocycles. The second-order valence-corrected chi connectivity index (χ2v) is 20.7. The Kier molecular flexibility index (Phi) is 20.7. The molecule has 2 fully saturated rings. The number of hydrogen-bond acceptors (Lipinski definition) is 11. The van der Waals surface area contributed by atoms with E-state index in [0.717, 1.165) is 62.1 Å². The van der Waals surface area contributed by atoms with Crippen molar-refractivity contribution in [1.82, 2.24) is 19.2 Å². The van der Waals surface area contributed by atoms with Crippen LogP contribution in [0.15, 0.2) is 75.1 Å². The number of rotatable bonds is 16. The van der Waals surface area contributed by atoms with Crippen molar-refractivity contribution in [2.75, 3.05) is 39.3 Å². The molecule has 3 heterocycles. The van der Waals surface area contributed by atoms with E-state index in [0.29, 0.717) is 25.2 Å². The minimum Gasteiger partial charge on any atom is -0.390 e. The van der Waals surface area contributed by atoms with Crippen molar-refractivity contribution in [1.29, 1.82) is 0 Å². The molecular formula is C37H56Cl2N4O9S4. The largest absolute Gasteiger partial charge is 0.390 e. The molecule has 0 unspecified atom stereocenters. The molecule has 1 aromatic heterocycles. The van der Waals surface area contributed by atoms with E-state index in [4.69, 9.17) is 27.8 Å². The second kappa shape index (κ2) is 23.8. The highest BCUT2D eigenvalue weighted by atomic mass is 35.5. The number of sulfonamides is 2. The van der Waals surface area contributed by atoms with Gasteiger partial charge in [-0.1, -0.05) is 92.4 Å². The lowest BCUT2D eigenvalue weighted by Gasteiger charge is -2.36. The highest BCUT2D eigenvalue weighted by Crippen LogP contribution is 2.29. The van der Waals surface area contributed by atoms with Crippen LogP contribution in [-0.4, -0.2) is 113 Å². The van der Waals surface area contributed by atoms with E-state index in [9.17, 15) is 35.5 Å². The number of aliphatic hydroxyl groups is 2. The van der Waals surface area contributed by atoms with E-state index in [-0.39, 0.29) is 38.0 Å². The molecule has 4 atom stereocenters. The van der Waals surface area contributed by atoms with Crippen LogP contribution in [0.25, 0.3) is 0 Å². The molecule has 0 saturated carbocycles. The van der Waals surface area contributed by atoms with Gasteiger partial charge in [0.2, 0.25) is 20.0 Å². The van der Waals surface area contributed by atoms with Gasteiger partial charge in [0, 0.05) is 38.3 Å². The summed E-state index contributed by atoms with van der Waals surface area (Å²) in [7, 11) is -11.2. The van der Waals surface area contributed by atoms with Crippen molar-refractivity contribution in [3.63, 3.8) is 0 Å². The van der Waals surface area contributed by atoms with Gasteiger partial charge in [0.1, 0.15) is 9.10 Å². The van der Waals surface area contributed by atoms with E-state index < -0.39 is 42.4 Å². The molecule has 2 aromatic carbocycles. The average Bonchev–Trinajstić information content (AvgIpc) is 3.72. The molecule has 19 heteroatoms. The van der Waals surface area contributed by atoms with Crippen LogP contribution in [-0.2, 0) is 35.9 Å². The Morgan fingerprint density at radius 1 is 0.750 bits per heavy atom. The Morgan fingerprint density at radius 3 is 1.79 bits per heavy atom. The Bertz CT molecular complexity index is 1930. The number of β-amino-alcohol motifs (C(OH)–C–C–N with tert-alkyl or cyclic N) is 2. The number of benzene rings is 2. The molecule has 0 radical (unpaired) electrons. The smallest absolute Gasteiger partial charge is 0.304 e. The minimum absolute atomic E-state index is 0.0109. The molecule has 0 bridgehead atoms. The molecule has 5 N–H and O–H groups in total. The van der Waals surface area contributed by atoms with Crippen LogP contribution < -0.4 is 9.44 Å². The van der Waals surface area contributed by atoms with Crippen LogP contribution in [0.3, 0.4) is 0 Å². The number of nitrogens with zero attached hydrogens (tertiary/aromatic N) is 2. The highest BCUT2D eigenvalue weighted by Gasteiger charge is 2.26. The monoisotopic (exact) mass is 898 g/mol. The average molecular weight is 900 g/mol. The molecule has 0 amide bonds. The number of aliphatic hydroxyl groups excluding tert-OH is 2. The predicted molar refractivity (Wildman–Crippen MR) is 224 cm³/mol. The SMILES string of the molecule is CC[C@H]1CCCCN1C[C@@H](O)CNS(=O)(=O)Cc1ccccc1.CC[C@H]1CCCCN1C[C@@H](O)CNS(=O)(=O)c1cccc(Cl)c1Cl.O=S(=O)(O)c1cccs1. The summed E-state index contributed by atoms with van der Waals surface area (Å²) in [5, 5.41) is 22.2. The number of piperidine rings is 2. The van der Waals surface area contributed by atoms with Gasteiger partial charge >= 0.3 is 10.1 Å². The third-order valence-electron chi connectivity index (χ3n) is 9.53. The van der Waals surface area contributed by atoms with Crippen LogP contribution in [0, 0.1) is 0 Å². The lowest BCUT2D eigenvalue weighted by Crippen LogP contribution is -2.46. The lowest BCUT2D eigenvalue weighted by atomic mass is 9.99. The third-order valence-corrected chi connectivity index (χ3v) is 15.5. The molecular weight excluding hydrogens is 844 g/mol. The summed E-state index contributed by atoms with van der Waals surface area (Å²) >= 11 is 12.8. The van der Waals surface area contributed by atoms with Crippen LogP contribution in [0.2, 0.25) is 10.0 Å². The van der Waals surface area contributed by atoms with Crippen molar-refractivity contribution < 1.29 is 40.0 Å². The fraction of sp³-hybridized carbons (Fsp3) is 0.568. The van der Waals surface area contributed by atoms with Gasteiger partial charge in [-0.05, 0) is 80.8 Å². The molecule has 2 saturated heterocycles. The zero-order chi connectivity index (χ0) is 41.4. The topological polar surface area (TPSA) is 194 Å². The normalized spacial score (nSPS) is 19.6. The Labute approximate surface area is 347 Å². The summed E-state index contributed by atoms with van der Waals surface area (Å²) in [5.74, 6) is -0.0537. The molecule has 5 rings (SSSR count). The quantitative estimate of drug-likeness (QED) is 0.112. The van der Waals surface area contributed by atoms with E-state index in [1.54, 1.807) is 23.6 Å². The molecule has 56 heavy (non-hydrogen) atoms. The first-order valence-electron chi connectivity index (χ1n) is 18.8. The van der Waals surface area contributed by atoms with Gasteiger partial charge in [-0.2, -0.15) is 8.42 Å². The maximum absolute atomic E-state index is 12.3. The first kappa shape index (κ1) is 48.7. The zero-order valence-corrected chi connectivity index (χ0v) is 36.6. The van der Waals surface area contributed by atoms with Gasteiger partial charge in [-0.3, -0.25) is 14.4 Å². The zero-order valence-electron chi connectivity index (χ0n) is 31.8. The van der Waals surface area contributed by atoms with Gasteiger partial charge in [0.25, 0.3) is 0 Å². The van der Waals surface area contributed by atoms with E-state index in [2.05, 4.69) is 33.1 Å². The Balaban J connectivity index is 0.000000247. The van der Waals surface area contributed by atoms with E-state index in [1.807, 2.05) is 18.2 Å². The fourth-order valence-corrected chi connectivity index (χ4v) is 11.0. The first-order valence-corrected chi connectivity index (χ1v) is 25.0. The Morgan fingerprint density at radius 2 is 1.30 bits per heavy atom. The summed E-state index contributed by atoms with van der Waals surface area (Å²) in [4.78, 5) is 4.46. The maximum Gasteiger partial charge on any atom is 0.304 e. The van der Waals surface area contributed by atoms with Gasteiger partial charge in [0.05, 0.1) is 28.0 Å². The number of thiophene rings is 1. The van der Waals surface area contributed by atoms with Gasteiger partial charge in [-0.15, -0.1) is 11.3 Å². The van der Waals surface area contributed by atoms with Gasteiger partial charge in [0.15, 0.2) is 0 Å². The summed E-state index contributed by atoms with van der Waals surface area (Å²) < 4.78 is 82.7. The molecule has 2 aliphatic heterocycles. The van der Waals surface area contributed by atoms with Crippen LogP contribution in [0.1, 0.15) is 70.8 Å². The standard InChI is InChI=1S/C17H28N2O3S.C16H24Cl2N2O3S.C4H4O3S2/c1-2-16-10-6-7-11-19(16)13-17(20)12-18-23(21,22)14-15-8-4-3-5-9-15;1-2-12-6-3-4-9-20(12)11-13(21)10-19-24(22,23)15-8-5-7-14(17)16(15)18;5-9(6,7)4-2-1-3-8-4/h3-5,8-9,16-18,20H,2,6-7,10-14H2,1H3;5,7-8,12-13,19,21H,2-4,6,9-11H2,1H3;1-3H,(H,5,6,7)/t16-,17-;12-,13-;/m00./s1. The maximum atomic E-state index is 12.3. The van der Waals surface area contributed by atoms with Crippen LogP contribution >= 0.6 is 34.5 Å². The minimum atomic E-state index is -3.94. The van der Waals surface area contributed by atoms with Crippen LogP contribution in [0.5, 0.6) is 0 Å². The fourth-order valence-electron chi connectivity index (χ4n) is 6.65. The lowest BCUT2D eigenvalue weighted by molar-refractivity contribution is 0.0682. The molecule has 316 valence electrons. The summed E-state index contributed by atoms with van der Waals surface area (Å²) in [5.41, 5.74) is 0.747. The van der Waals surface area contributed by atoms with Crippen molar-refractivity contribution >= 4 is 64.7 Å². The highest BCUT2D eigenvalue weighted by molar-refractivity contribution is 7.89. The predicted octanol–water partition coefficient (Wildman–Crippen LogP) is 5.62. The molecule has 2 aliphatic rings. The summed E-state index contributed by atoms with van der Waals surface area (Å²) in [6, 6.07) is 17.4. The summed E-state index contributed by atoms with van der Waals surface area (Å²) in [6.07, 6.45) is 7.70. The van der Waals surface area contributed by atoms with E-state index in [1.165, 1.54) is 43.5 Å². The van der Waals surface area contributed by atoms with Crippen molar-refractivity contribution in [2.45, 2.75) is 104 Å². The Hall–Kier alpha value is -1.71. The molecule has 13 nitrogen and oxygen atoms in total. The number of likely N-dealkylation sites (tertiary alicyclic amines) is 2.